The summed E-state index contributed by atoms with van der Waals surface area (Å²) in [6, 6.07) is 1.98. The smallest absolute Gasteiger partial charge is 0.267 e. The van der Waals surface area contributed by atoms with E-state index in [4.69, 9.17) is 11.6 Å². The molecule has 2 heterocycles. The highest BCUT2D eigenvalue weighted by Crippen LogP contribution is 2.21. The Morgan fingerprint density at radius 3 is 3.00 bits per heavy atom. The molecule has 2 rings (SSSR count). The Morgan fingerprint density at radius 2 is 2.35 bits per heavy atom. The largest absolute Gasteiger partial charge is 0.297 e. The molecule has 17 heavy (non-hydrogen) atoms. The quantitative estimate of drug-likeness (QED) is 0.870. The van der Waals surface area contributed by atoms with Gasteiger partial charge in [0.15, 0.2) is 5.13 Å². The zero-order chi connectivity index (χ0) is 12.3. The van der Waals surface area contributed by atoms with Gasteiger partial charge in [0.05, 0.1) is 16.5 Å². The minimum atomic E-state index is -0.0904. The summed E-state index contributed by atoms with van der Waals surface area (Å²) in [5.41, 5.74) is 1.86. The number of halogens is 1. The normalized spacial score (nSPS) is 10.5. The van der Waals surface area contributed by atoms with E-state index < -0.39 is 0 Å². The molecule has 1 N–H and O–H groups in total. The zero-order valence-corrected chi connectivity index (χ0v) is 11.6. The van der Waals surface area contributed by atoms with Crippen LogP contribution in [-0.2, 0) is 12.3 Å². The second kappa shape index (κ2) is 5.62. The number of thiazole rings is 1. The molecule has 0 aliphatic carbocycles. The maximum atomic E-state index is 12.0. The van der Waals surface area contributed by atoms with Crippen LogP contribution in [0.4, 0.5) is 5.13 Å². The number of alkyl halides is 1. The number of aryl methyl sites for hydroxylation is 1. The molecule has 2 aromatic heterocycles. The molecule has 0 aliphatic rings. The van der Waals surface area contributed by atoms with Crippen molar-refractivity contribution in [3.05, 3.63) is 33.0 Å². The second-order valence-corrected chi connectivity index (χ2v) is 5.40. The Labute approximate surface area is 112 Å². The van der Waals surface area contributed by atoms with Crippen molar-refractivity contribution in [3.8, 4) is 0 Å². The number of nitrogens with one attached hydrogen (secondary N) is 1. The van der Waals surface area contributed by atoms with Crippen molar-refractivity contribution in [2.24, 2.45) is 0 Å². The van der Waals surface area contributed by atoms with Crippen LogP contribution in [0, 0.1) is 0 Å². The minimum absolute atomic E-state index is 0.0904. The van der Waals surface area contributed by atoms with E-state index >= 15 is 0 Å². The first kappa shape index (κ1) is 12.5. The highest BCUT2D eigenvalue weighted by Gasteiger charge is 2.13. The van der Waals surface area contributed by atoms with Crippen molar-refractivity contribution in [2.45, 2.75) is 19.2 Å². The summed E-state index contributed by atoms with van der Waals surface area (Å²) >= 11 is 8.50. The summed E-state index contributed by atoms with van der Waals surface area (Å²) < 4.78 is 0. The van der Waals surface area contributed by atoms with Crippen LogP contribution in [0.15, 0.2) is 16.8 Å². The standard InChI is InChI=1S/C11H11ClN2OS2/c1-2-7-3-4-16-9(7)10(15)14-11-13-8(5-12)6-17-11/h3-4,6H,2,5H2,1H3,(H,13,14,15). The van der Waals surface area contributed by atoms with Gasteiger partial charge >= 0.3 is 0 Å². The number of thiophene rings is 1. The van der Waals surface area contributed by atoms with Crippen molar-refractivity contribution in [1.82, 2.24) is 4.98 Å². The monoisotopic (exact) mass is 286 g/mol. The van der Waals surface area contributed by atoms with Crippen LogP contribution >= 0.6 is 34.3 Å². The van der Waals surface area contributed by atoms with Gasteiger partial charge in [0.2, 0.25) is 0 Å². The van der Waals surface area contributed by atoms with Crippen molar-refractivity contribution in [2.75, 3.05) is 5.32 Å². The van der Waals surface area contributed by atoms with Gasteiger partial charge in [0.1, 0.15) is 0 Å². The molecule has 0 radical (unpaired) electrons. The molecule has 3 nitrogen and oxygen atoms in total. The Bertz CT molecular complexity index is 521. The van der Waals surface area contributed by atoms with Crippen LogP contribution in [0.1, 0.15) is 27.9 Å². The number of anilines is 1. The van der Waals surface area contributed by atoms with Crippen molar-refractivity contribution >= 4 is 45.3 Å². The molecule has 0 bridgehead atoms. The van der Waals surface area contributed by atoms with Gasteiger partial charge in [-0.3, -0.25) is 10.1 Å². The van der Waals surface area contributed by atoms with Crippen LogP contribution in [0.5, 0.6) is 0 Å². The molecule has 0 atom stereocenters. The van der Waals surface area contributed by atoms with Gasteiger partial charge in [-0.1, -0.05) is 6.92 Å². The molecule has 0 saturated heterocycles. The Balaban J connectivity index is 2.11. The van der Waals surface area contributed by atoms with E-state index in [0.29, 0.717) is 11.0 Å². The predicted octanol–water partition coefficient (Wildman–Crippen LogP) is 3.76. The molecular formula is C11H11ClN2OS2. The first-order valence-corrected chi connectivity index (χ1v) is 7.42. The van der Waals surface area contributed by atoms with Gasteiger partial charge in [0.25, 0.3) is 5.91 Å². The fourth-order valence-corrected chi connectivity index (χ4v) is 3.22. The van der Waals surface area contributed by atoms with Gasteiger partial charge in [-0.2, -0.15) is 0 Å². The summed E-state index contributed by atoms with van der Waals surface area (Å²) in [7, 11) is 0. The molecular weight excluding hydrogens is 276 g/mol. The van der Waals surface area contributed by atoms with Gasteiger partial charge in [-0.15, -0.1) is 34.3 Å². The molecule has 0 fully saturated rings. The van der Waals surface area contributed by atoms with Gasteiger partial charge < -0.3 is 0 Å². The second-order valence-electron chi connectivity index (χ2n) is 3.36. The number of rotatable bonds is 4. The third-order valence-electron chi connectivity index (χ3n) is 2.24. The number of hydrogen-bond acceptors (Lipinski definition) is 4. The maximum Gasteiger partial charge on any atom is 0.267 e. The van der Waals surface area contributed by atoms with E-state index in [2.05, 4.69) is 10.3 Å². The summed E-state index contributed by atoms with van der Waals surface area (Å²) in [6.07, 6.45) is 0.858. The Morgan fingerprint density at radius 1 is 1.53 bits per heavy atom. The number of carbonyl (C=O) groups excluding carboxylic acids is 1. The van der Waals surface area contributed by atoms with E-state index in [0.717, 1.165) is 22.6 Å². The number of aromatic nitrogens is 1. The fraction of sp³-hybridized carbons (Fsp3) is 0.273. The third-order valence-corrected chi connectivity index (χ3v) is 4.28. The van der Waals surface area contributed by atoms with E-state index in [9.17, 15) is 4.79 Å². The van der Waals surface area contributed by atoms with Gasteiger partial charge in [0, 0.05) is 5.38 Å². The highest BCUT2D eigenvalue weighted by atomic mass is 35.5. The van der Waals surface area contributed by atoms with Crippen LogP contribution in [0.25, 0.3) is 0 Å². The van der Waals surface area contributed by atoms with E-state index in [1.165, 1.54) is 22.7 Å². The lowest BCUT2D eigenvalue weighted by Crippen LogP contribution is -2.11. The molecule has 0 saturated carbocycles. The number of hydrogen-bond donors (Lipinski definition) is 1. The lowest BCUT2D eigenvalue weighted by molar-refractivity contribution is 0.103. The first-order valence-electron chi connectivity index (χ1n) is 5.12. The molecule has 90 valence electrons. The maximum absolute atomic E-state index is 12.0. The molecule has 0 unspecified atom stereocenters. The fourth-order valence-electron chi connectivity index (χ4n) is 1.39. The van der Waals surface area contributed by atoms with Crippen molar-refractivity contribution in [1.29, 1.82) is 0 Å². The van der Waals surface area contributed by atoms with E-state index in [-0.39, 0.29) is 5.91 Å². The van der Waals surface area contributed by atoms with E-state index in [1.807, 2.05) is 23.8 Å². The zero-order valence-electron chi connectivity index (χ0n) is 9.20. The topological polar surface area (TPSA) is 42.0 Å². The highest BCUT2D eigenvalue weighted by molar-refractivity contribution is 7.14. The number of carbonyl (C=O) groups is 1. The molecule has 2 aromatic rings. The van der Waals surface area contributed by atoms with Crippen LogP contribution in [0.3, 0.4) is 0 Å². The lowest BCUT2D eigenvalue weighted by Gasteiger charge is -2.01. The molecule has 0 aliphatic heterocycles. The van der Waals surface area contributed by atoms with Gasteiger partial charge in [-0.05, 0) is 23.4 Å². The van der Waals surface area contributed by atoms with E-state index in [1.54, 1.807) is 0 Å². The Hall–Kier alpha value is -0.910. The third kappa shape index (κ3) is 2.86. The van der Waals surface area contributed by atoms with Gasteiger partial charge in [-0.25, -0.2) is 4.98 Å². The van der Waals surface area contributed by atoms with Crippen LogP contribution < -0.4 is 5.32 Å². The van der Waals surface area contributed by atoms with Crippen LogP contribution in [-0.4, -0.2) is 10.9 Å². The number of nitrogens with zero attached hydrogens (tertiary/aromatic N) is 1. The number of amides is 1. The first-order chi connectivity index (χ1) is 8.24. The molecule has 0 spiro atoms. The average molecular weight is 287 g/mol. The minimum Gasteiger partial charge on any atom is -0.297 e. The lowest BCUT2D eigenvalue weighted by atomic mass is 10.2. The molecule has 6 heteroatoms. The average Bonchev–Trinajstić information content (AvgIpc) is 2.96. The summed E-state index contributed by atoms with van der Waals surface area (Å²) in [4.78, 5) is 16.9. The molecule has 0 aromatic carbocycles. The predicted molar refractivity (Wildman–Crippen MR) is 73.3 cm³/mol. The molecule has 1 amide bonds. The van der Waals surface area contributed by atoms with Crippen LogP contribution in [0.2, 0.25) is 0 Å². The summed E-state index contributed by atoms with van der Waals surface area (Å²) in [6.45, 7) is 2.04. The summed E-state index contributed by atoms with van der Waals surface area (Å²) in [5, 5.41) is 7.17. The van der Waals surface area contributed by atoms with Crippen molar-refractivity contribution in [3.63, 3.8) is 0 Å². The van der Waals surface area contributed by atoms with Crippen molar-refractivity contribution < 1.29 is 4.79 Å². The SMILES string of the molecule is CCc1ccsc1C(=O)Nc1nc(CCl)cs1. The Kier molecular flexibility index (Phi) is 4.15. The summed E-state index contributed by atoms with van der Waals surface area (Å²) in [5.74, 6) is 0.276.